The zero-order valence-electron chi connectivity index (χ0n) is 21.4. The van der Waals surface area contributed by atoms with E-state index < -0.39 is 47.9 Å². The topological polar surface area (TPSA) is 222 Å². The highest BCUT2D eigenvalue weighted by molar-refractivity contribution is 5.94. The van der Waals surface area contributed by atoms with Crippen molar-refractivity contribution in [1.82, 2.24) is 20.5 Å². The maximum absolute atomic E-state index is 13.1. The summed E-state index contributed by atoms with van der Waals surface area (Å²) in [4.78, 5) is 58.8. The smallest absolute Gasteiger partial charge is 0.326 e. The van der Waals surface area contributed by atoms with Crippen LogP contribution in [-0.4, -0.2) is 81.9 Å². The number of benzene rings is 1. The predicted molar refractivity (Wildman–Crippen MR) is 142 cm³/mol. The molecule has 206 valence electrons. The fourth-order valence-electron chi connectivity index (χ4n) is 4.59. The van der Waals surface area contributed by atoms with Gasteiger partial charge in [-0.2, -0.15) is 0 Å². The second kappa shape index (κ2) is 12.9. The number of nitrogens with one attached hydrogen (secondary N) is 3. The number of rotatable bonds is 12. The molecule has 0 bridgehead atoms. The van der Waals surface area contributed by atoms with Gasteiger partial charge in [-0.05, 0) is 50.7 Å². The maximum Gasteiger partial charge on any atom is 0.326 e. The van der Waals surface area contributed by atoms with Crippen LogP contribution in [0.5, 0.6) is 0 Å². The van der Waals surface area contributed by atoms with Crippen LogP contribution in [0.1, 0.15) is 38.2 Å². The molecule has 38 heavy (non-hydrogen) atoms. The molecule has 4 unspecified atom stereocenters. The molecule has 3 rings (SSSR count). The van der Waals surface area contributed by atoms with Crippen LogP contribution in [0.2, 0.25) is 0 Å². The van der Waals surface area contributed by atoms with Crippen molar-refractivity contribution in [1.29, 1.82) is 0 Å². The van der Waals surface area contributed by atoms with Crippen LogP contribution in [0.25, 0.3) is 10.9 Å². The summed E-state index contributed by atoms with van der Waals surface area (Å²) < 4.78 is 0. The second-order valence-electron chi connectivity index (χ2n) is 9.44. The van der Waals surface area contributed by atoms with Crippen molar-refractivity contribution in [2.45, 2.75) is 63.2 Å². The van der Waals surface area contributed by atoms with Gasteiger partial charge in [-0.15, -0.1) is 0 Å². The van der Waals surface area contributed by atoms with E-state index in [1.54, 1.807) is 0 Å². The number of nitrogens with zero attached hydrogens (tertiary/aromatic N) is 2. The first-order chi connectivity index (χ1) is 18.1. The number of aromatic nitrogens is 1. The van der Waals surface area contributed by atoms with Crippen LogP contribution < -0.4 is 27.8 Å². The van der Waals surface area contributed by atoms with Gasteiger partial charge in [0.1, 0.15) is 18.1 Å². The summed E-state index contributed by atoms with van der Waals surface area (Å²) in [5.41, 5.74) is 18.5. The van der Waals surface area contributed by atoms with Gasteiger partial charge in [-0.1, -0.05) is 18.2 Å². The molecule has 0 saturated carbocycles. The number of aromatic amines is 1. The number of carboxylic acids is 1. The van der Waals surface area contributed by atoms with Gasteiger partial charge in [0, 0.05) is 30.2 Å². The molecule has 13 nitrogen and oxygen atoms in total. The molecule has 13 heteroatoms. The number of hydrogen-bond acceptors (Lipinski definition) is 6. The van der Waals surface area contributed by atoms with Gasteiger partial charge in [-0.3, -0.25) is 19.4 Å². The largest absolute Gasteiger partial charge is 0.480 e. The minimum Gasteiger partial charge on any atom is -0.480 e. The third-order valence-corrected chi connectivity index (χ3v) is 6.58. The number of amides is 3. The number of guanidine groups is 1. The Labute approximate surface area is 220 Å². The van der Waals surface area contributed by atoms with Gasteiger partial charge in [-0.25, -0.2) is 4.79 Å². The molecule has 2 aromatic rings. The van der Waals surface area contributed by atoms with E-state index in [0.717, 1.165) is 16.5 Å². The molecule has 2 heterocycles. The van der Waals surface area contributed by atoms with E-state index in [9.17, 15) is 24.3 Å². The van der Waals surface area contributed by atoms with Crippen molar-refractivity contribution < 1.29 is 24.3 Å². The molecule has 0 radical (unpaired) electrons. The Morgan fingerprint density at radius 2 is 1.95 bits per heavy atom. The Hall–Kier alpha value is -4.13. The first kappa shape index (κ1) is 28.4. The Balaban J connectivity index is 1.55. The molecule has 1 fully saturated rings. The van der Waals surface area contributed by atoms with Crippen LogP contribution in [0.15, 0.2) is 35.5 Å². The van der Waals surface area contributed by atoms with Crippen molar-refractivity contribution >= 4 is 40.6 Å². The number of H-pyrrole nitrogens is 1. The van der Waals surface area contributed by atoms with E-state index >= 15 is 0 Å². The number of aliphatic carboxylic acids is 1. The second-order valence-corrected chi connectivity index (χ2v) is 9.44. The van der Waals surface area contributed by atoms with E-state index in [4.69, 9.17) is 17.2 Å². The van der Waals surface area contributed by atoms with E-state index in [0.29, 0.717) is 25.8 Å². The fraction of sp³-hybridized carbons (Fsp3) is 0.480. The Morgan fingerprint density at radius 1 is 1.21 bits per heavy atom. The van der Waals surface area contributed by atoms with Crippen LogP contribution >= 0.6 is 0 Å². The zero-order chi connectivity index (χ0) is 27.8. The Kier molecular flexibility index (Phi) is 9.66. The lowest BCUT2D eigenvalue weighted by Gasteiger charge is -2.28. The zero-order valence-corrected chi connectivity index (χ0v) is 21.4. The fourth-order valence-corrected chi connectivity index (χ4v) is 4.59. The molecule has 0 aliphatic carbocycles. The highest BCUT2D eigenvalue weighted by atomic mass is 16.4. The van der Waals surface area contributed by atoms with Gasteiger partial charge in [0.05, 0.1) is 6.04 Å². The monoisotopic (exact) mass is 528 g/mol. The van der Waals surface area contributed by atoms with Crippen molar-refractivity contribution in [3.05, 3.63) is 36.0 Å². The number of nitrogens with two attached hydrogens (primary N) is 3. The van der Waals surface area contributed by atoms with E-state index in [1.807, 2.05) is 30.5 Å². The summed E-state index contributed by atoms with van der Waals surface area (Å²) in [7, 11) is 0. The Morgan fingerprint density at radius 3 is 2.66 bits per heavy atom. The van der Waals surface area contributed by atoms with E-state index in [2.05, 4.69) is 20.6 Å². The molecule has 1 aromatic carbocycles. The summed E-state index contributed by atoms with van der Waals surface area (Å²) >= 11 is 0. The summed E-state index contributed by atoms with van der Waals surface area (Å²) in [6, 6.07) is 3.91. The molecule has 1 saturated heterocycles. The molecule has 0 spiro atoms. The van der Waals surface area contributed by atoms with Crippen molar-refractivity contribution in [3.8, 4) is 0 Å². The predicted octanol–water partition coefficient (Wildman–Crippen LogP) is -0.844. The SMILES string of the molecule is CC(NC(=O)C(N)Cc1c[nH]c2ccccc12)C(=O)N1CCCC1C(=O)NC(CCCN=C(N)N)C(=O)O. The first-order valence-corrected chi connectivity index (χ1v) is 12.6. The van der Waals surface area contributed by atoms with Gasteiger partial charge in [0.15, 0.2) is 5.96 Å². The number of fused-ring (bicyclic) bond motifs is 1. The van der Waals surface area contributed by atoms with Crippen LogP contribution in [0.4, 0.5) is 0 Å². The highest BCUT2D eigenvalue weighted by Crippen LogP contribution is 2.20. The Bertz CT molecular complexity index is 1190. The molecule has 3 amide bonds. The number of hydrogen-bond donors (Lipinski definition) is 7. The minimum absolute atomic E-state index is 0.0962. The summed E-state index contributed by atoms with van der Waals surface area (Å²) in [5, 5.41) is 15.6. The van der Waals surface area contributed by atoms with Crippen molar-refractivity contribution in [2.75, 3.05) is 13.1 Å². The number of aliphatic imine (C=N–C) groups is 1. The van der Waals surface area contributed by atoms with Crippen LogP contribution in [0.3, 0.4) is 0 Å². The van der Waals surface area contributed by atoms with Crippen molar-refractivity contribution in [2.24, 2.45) is 22.2 Å². The van der Waals surface area contributed by atoms with Crippen LogP contribution in [-0.2, 0) is 25.6 Å². The maximum atomic E-state index is 13.1. The van der Waals surface area contributed by atoms with Crippen LogP contribution in [0, 0.1) is 0 Å². The number of carbonyl (C=O) groups is 4. The standard InChI is InChI=1S/C25H36N8O5/c1-14(31-21(34)17(26)12-15-13-30-18-7-3-2-6-16(15)18)23(36)33-11-5-9-20(33)22(35)32-19(24(37)38)8-4-10-29-25(27)28/h2-3,6-7,13-14,17,19-20,30H,4-5,8-12,26H2,1H3,(H,31,34)(H,32,35)(H,37,38)(H4,27,28,29). The summed E-state index contributed by atoms with van der Waals surface area (Å²) in [6.07, 6.45) is 3.53. The van der Waals surface area contributed by atoms with Gasteiger partial charge in [0.2, 0.25) is 17.7 Å². The molecule has 1 aliphatic heterocycles. The third-order valence-electron chi connectivity index (χ3n) is 6.58. The normalized spacial score (nSPS) is 17.4. The summed E-state index contributed by atoms with van der Waals surface area (Å²) in [5.74, 6) is -2.76. The molecule has 1 aromatic heterocycles. The lowest BCUT2D eigenvalue weighted by molar-refractivity contribution is -0.144. The number of carboxylic acid groups (broad SMARTS) is 1. The third kappa shape index (κ3) is 7.22. The molecular weight excluding hydrogens is 492 g/mol. The van der Waals surface area contributed by atoms with Crippen molar-refractivity contribution in [3.63, 3.8) is 0 Å². The number of para-hydroxylation sites is 1. The summed E-state index contributed by atoms with van der Waals surface area (Å²) in [6.45, 7) is 2.09. The first-order valence-electron chi connectivity index (χ1n) is 12.6. The van der Waals surface area contributed by atoms with Gasteiger partial charge < -0.3 is 42.8 Å². The van der Waals surface area contributed by atoms with Gasteiger partial charge >= 0.3 is 5.97 Å². The average molecular weight is 529 g/mol. The molecule has 1 aliphatic rings. The molecule has 4 atom stereocenters. The lowest BCUT2D eigenvalue weighted by Crippen LogP contribution is -2.56. The number of carbonyl (C=O) groups excluding carboxylic acids is 3. The van der Waals surface area contributed by atoms with Gasteiger partial charge in [0.25, 0.3) is 0 Å². The van der Waals surface area contributed by atoms with E-state index in [-0.39, 0.29) is 25.3 Å². The molecule has 10 N–H and O–H groups in total. The number of likely N-dealkylation sites (tertiary alicyclic amines) is 1. The highest BCUT2D eigenvalue weighted by Gasteiger charge is 2.38. The lowest BCUT2D eigenvalue weighted by atomic mass is 10.0. The minimum atomic E-state index is -1.19. The quantitative estimate of drug-likeness (QED) is 0.104. The van der Waals surface area contributed by atoms with E-state index in [1.165, 1.54) is 11.8 Å². The molecular formula is C25H36N8O5. The average Bonchev–Trinajstić information content (AvgIpc) is 3.52.